The van der Waals surface area contributed by atoms with Crippen LogP contribution in [-0.2, 0) is 9.53 Å². The first-order chi connectivity index (χ1) is 8.49. The van der Waals surface area contributed by atoms with E-state index < -0.39 is 12.0 Å². The van der Waals surface area contributed by atoms with Gasteiger partial charge < -0.3 is 9.84 Å². The topological polar surface area (TPSA) is 46.5 Å². The van der Waals surface area contributed by atoms with Gasteiger partial charge in [0.05, 0.1) is 18.6 Å². The fraction of sp³-hybridized carbons (Fsp3) is 0.533. The van der Waals surface area contributed by atoms with Gasteiger partial charge >= 0.3 is 5.97 Å². The SMILES string of the molecule is CCOC(=O)C(CC)C(O)c1cc(C)cc(C)c1. The quantitative estimate of drug-likeness (QED) is 0.817. The van der Waals surface area contributed by atoms with E-state index in [1.54, 1.807) is 6.92 Å². The summed E-state index contributed by atoms with van der Waals surface area (Å²) in [5.74, 6) is -0.821. The molecule has 0 aromatic heterocycles. The Morgan fingerprint density at radius 3 is 2.22 bits per heavy atom. The number of hydrogen-bond donors (Lipinski definition) is 1. The van der Waals surface area contributed by atoms with E-state index in [9.17, 15) is 9.90 Å². The summed E-state index contributed by atoms with van der Waals surface area (Å²) in [5, 5.41) is 10.3. The standard InChI is InChI=1S/C15H22O3/c1-5-13(15(17)18-6-2)14(16)12-8-10(3)7-11(4)9-12/h7-9,13-14,16H,5-6H2,1-4H3. The van der Waals surface area contributed by atoms with Gasteiger partial charge in [0.2, 0.25) is 0 Å². The number of rotatable bonds is 5. The Bertz CT molecular complexity index is 392. The van der Waals surface area contributed by atoms with Gasteiger partial charge in [0.15, 0.2) is 0 Å². The van der Waals surface area contributed by atoms with Crippen molar-refractivity contribution >= 4 is 5.97 Å². The van der Waals surface area contributed by atoms with Gasteiger partial charge in [0.1, 0.15) is 0 Å². The van der Waals surface area contributed by atoms with E-state index in [0.29, 0.717) is 13.0 Å². The van der Waals surface area contributed by atoms with Crippen molar-refractivity contribution in [3.63, 3.8) is 0 Å². The molecule has 100 valence electrons. The third-order valence-corrected chi connectivity index (χ3v) is 3.00. The maximum Gasteiger partial charge on any atom is 0.311 e. The van der Waals surface area contributed by atoms with Crippen LogP contribution in [0.1, 0.15) is 43.1 Å². The van der Waals surface area contributed by atoms with Crippen LogP contribution in [0.25, 0.3) is 0 Å². The van der Waals surface area contributed by atoms with E-state index in [1.807, 2.05) is 39.0 Å². The molecule has 0 aliphatic carbocycles. The summed E-state index contributed by atoms with van der Waals surface area (Å²) in [5.41, 5.74) is 2.96. The summed E-state index contributed by atoms with van der Waals surface area (Å²) in [4.78, 5) is 11.8. The summed E-state index contributed by atoms with van der Waals surface area (Å²) < 4.78 is 5.00. The van der Waals surface area contributed by atoms with Crippen LogP contribution in [0.2, 0.25) is 0 Å². The average Bonchev–Trinajstić information content (AvgIpc) is 2.28. The van der Waals surface area contributed by atoms with Crippen molar-refractivity contribution in [2.75, 3.05) is 6.61 Å². The van der Waals surface area contributed by atoms with Crippen molar-refractivity contribution in [3.8, 4) is 0 Å². The molecule has 0 saturated heterocycles. The molecule has 18 heavy (non-hydrogen) atoms. The van der Waals surface area contributed by atoms with Crippen molar-refractivity contribution in [1.29, 1.82) is 0 Å². The van der Waals surface area contributed by atoms with Gasteiger partial charge in [-0.1, -0.05) is 36.2 Å². The highest BCUT2D eigenvalue weighted by Crippen LogP contribution is 2.27. The monoisotopic (exact) mass is 250 g/mol. The van der Waals surface area contributed by atoms with E-state index >= 15 is 0 Å². The molecule has 0 amide bonds. The first kappa shape index (κ1) is 14.7. The second kappa shape index (κ2) is 6.55. The van der Waals surface area contributed by atoms with Crippen LogP contribution in [0.15, 0.2) is 18.2 Å². The molecule has 0 radical (unpaired) electrons. The smallest absolute Gasteiger partial charge is 0.311 e. The first-order valence-electron chi connectivity index (χ1n) is 6.42. The minimum absolute atomic E-state index is 0.327. The molecular formula is C15H22O3. The zero-order chi connectivity index (χ0) is 13.7. The number of ether oxygens (including phenoxy) is 1. The number of carbonyl (C=O) groups is 1. The summed E-state index contributed by atoms with van der Waals surface area (Å²) in [6.07, 6.45) is -0.236. The number of benzene rings is 1. The third kappa shape index (κ3) is 3.57. The predicted molar refractivity (Wildman–Crippen MR) is 71.3 cm³/mol. The third-order valence-electron chi connectivity index (χ3n) is 3.00. The Balaban J connectivity index is 2.95. The Morgan fingerprint density at radius 1 is 1.22 bits per heavy atom. The lowest BCUT2D eigenvalue weighted by molar-refractivity contribution is -0.152. The normalized spacial score (nSPS) is 14.1. The highest BCUT2D eigenvalue weighted by atomic mass is 16.5. The number of aliphatic hydroxyl groups is 1. The first-order valence-corrected chi connectivity index (χ1v) is 6.42. The zero-order valence-electron chi connectivity index (χ0n) is 11.6. The predicted octanol–water partition coefficient (Wildman–Crippen LogP) is 2.93. The Hall–Kier alpha value is -1.35. The van der Waals surface area contributed by atoms with Crippen molar-refractivity contribution < 1.29 is 14.6 Å². The van der Waals surface area contributed by atoms with Gasteiger partial charge in [0.25, 0.3) is 0 Å². The maximum absolute atomic E-state index is 11.8. The van der Waals surface area contributed by atoms with Crippen molar-refractivity contribution in [1.82, 2.24) is 0 Å². The van der Waals surface area contributed by atoms with Gasteiger partial charge in [0, 0.05) is 0 Å². The van der Waals surface area contributed by atoms with E-state index in [1.165, 1.54) is 0 Å². The summed E-state index contributed by atoms with van der Waals surface area (Å²) in [6, 6.07) is 5.88. The van der Waals surface area contributed by atoms with E-state index in [4.69, 9.17) is 4.74 Å². The van der Waals surface area contributed by atoms with Gasteiger partial charge in [-0.3, -0.25) is 4.79 Å². The van der Waals surface area contributed by atoms with Crippen LogP contribution in [0.4, 0.5) is 0 Å². The highest BCUT2D eigenvalue weighted by molar-refractivity contribution is 5.73. The van der Waals surface area contributed by atoms with Crippen molar-refractivity contribution in [2.24, 2.45) is 5.92 Å². The molecule has 0 heterocycles. The molecule has 1 aromatic rings. The van der Waals surface area contributed by atoms with Gasteiger partial charge in [-0.25, -0.2) is 0 Å². The average molecular weight is 250 g/mol. The van der Waals surface area contributed by atoms with Crippen molar-refractivity contribution in [3.05, 3.63) is 34.9 Å². The molecule has 0 bridgehead atoms. The van der Waals surface area contributed by atoms with Crippen LogP contribution in [0, 0.1) is 19.8 Å². The molecule has 2 atom stereocenters. The fourth-order valence-electron chi connectivity index (χ4n) is 2.18. The van der Waals surface area contributed by atoms with Crippen LogP contribution in [-0.4, -0.2) is 17.7 Å². The molecule has 2 unspecified atom stereocenters. The van der Waals surface area contributed by atoms with E-state index in [0.717, 1.165) is 16.7 Å². The molecule has 3 nitrogen and oxygen atoms in total. The van der Waals surface area contributed by atoms with E-state index in [-0.39, 0.29) is 5.97 Å². The van der Waals surface area contributed by atoms with Crippen LogP contribution >= 0.6 is 0 Å². The fourth-order valence-corrected chi connectivity index (χ4v) is 2.18. The Labute approximate surface area is 109 Å². The Kier molecular flexibility index (Phi) is 5.35. The van der Waals surface area contributed by atoms with Gasteiger partial charge in [-0.2, -0.15) is 0 Å². The molecule has 3 heteroatoms. The molecule has 0 aliphatic rings. The zero-order valence-corrected chi connectivity index (χ0v) is 11.6. The van der Waals surface area contributed by atoms with Crippen LogP contribution < -0.4 is 0 Å². The highest BCUT2D eigenvalue weighted by Gasteiger charge is 2.27. The molecular weight excluding hydrogens is 228 g/mol. The van der Waals surface area contributed by atoms with Gasteiger partial charge in [-0.15, -0.1) is 0 Å². The molecule has 0 spiro atoms. The summed E-state index contributed by atoms with van der Waals surface area (Å²) in [6.45, 7) is 7.96. The summed E-state index contributed by atoms with van der Waals surface area (Å²) in [7, 11) is 0. The molecule has 1 N–H and O–H groups in total. The van der Waals surface area contributed by atoms with E-state index in [2.05, 4.69) is 0 Å². The number of hydrogen-bond acceptors (Lipinski definition) is 3. The number of esters is 1. The largest absolute Gasteiger partial charge is 0.466 e. The van der Waals surface area contributed by atoms with Crippen LogP contribution in [0.5, 0.6) is 0 Å². The minimum Gasteiger partial charge on any atom is -0.466 e. The lowest BCUT2D eigenvalue weighted by atomic mass is 9.91. The lowest BCUT2D eigenvalue weighted by Crippen LogP contribution is -2.24. The summed E-state index contributed by atoms with van der Waals surface area (Å²) >= 11 is 0. The van der Waals surface area contributed by atoms with Crippen LogP contribution in [0.3, 0.4) is 0 Å². The minimum atomic E-state index is -0.798. The number of aliphatic hydroxyl groups excluding tert-OH is 1. The molecule has 1 aromatic carbocycles. The number of aryl methyl sites for hydroxylation is 2. The molecule has 0 saturated carbocycles. The molecule has 0 fully saturated rings. The van der Waals surface area contributed by atoms with Crippen molar-refractivity contribution in [2.45, 2.75) is 40.2 Å². The van der Waals surface area contributed by atoms with Gasteiger partial charge in [-0.05, 0) is 32.8 Å². The lowest BCUT2D eigenvalue weighted by Gasteiger charge is -2.21. The Morgan fingerprint density at radius 2 is 1.78 bits per heavy atom. The number of carbonyl (C=O) groups excluding carboxylic acids is 1. The second-order valence-corrected chi connectivity index (χ2v) is 4.63. The maximum atomic E-state index is 11.8. The molecule has 1 rings (SSSR count). The molecule has 0 aliphatic heterocycles. The second-order valence-electron chi connectivity index (χ2n) is 4.63.